The molecule has 2 N–H and O–H groups in total. The van der Waals surface area contributed by atoms with Gasteiger partial charge in [0.1, 0.15) is 5.82 Å². The standard InChI is InChI=1S/C13H19ClFNO/c1-3-13(17-4-2)12(16)8-9-5-6-10(14)11(15)7-9/h5-7,12-13H,3-4,8,16H2,1-2H3. The average Bonchev–Trinajstić information content (AvgIpc) is 2.30. The number of nitrogens with two attached hydrogens (primary N) is 1. The first-order valence-electron chi connectivity index (χ1n) is 5.89. The lowest BCUT2D eigenvalue weighted by Gasteiger charge is -2.22. The Labute approximate surface area is 107 Å². The van der Waals surface area contributed by atoms with E-state index >= 15 is 0 Å². The Morgan fingerprint density at radius 3 is 2.65 bits per heavy atom. The first-order valence-corrected chi connectivity index (χ1v) is 6.27. The molecule has 2 unspecified atom stereocenters. The van der Waals surface area contributed by atoms with Crippen molar-refractivity contribution in [3.05, 3.63) is 34.6 Å². The van der Waals surface area contributed by atoms with Crippen molar-refractivity contribution in [3.63, 3.8) is 0 Å². The summed E-state index contributed by atoms with van der Waals surface area (Å²) in [6.45, 7) is 4.61. The zero-order valence-electron chi connectivity index (χ0n) is 10.2. The highest BCUT2D eigenvalue weighted by Crippen LogP contribution is 2.17. The largest absolute Gasteiger partial charge is 0.377 e. The quantitative estimate of drug-likeness (QED) is 0.852. The van der Waals surface area contributed by atoms with Crippen LogP contribution in [0.25, 0.3) is 0 Å². The number of halogens is 2. The van der Waals surface area contributed by atoms with Gasteiger partial charge in [-0.25, -0.2) is 4.39 Å². The van der Waals surface area contributed by atoms with Crippen molar-refractivity contribution in [2.75, 3.05) is 6.61 Å². The minimum Gasteiger partial charge on any atom is -0.377 e. The van der Waals surface area contributed by atoms with Crippen LogP contribution < -0.4 is 5.73 Å². The summed E-state index contributed by atoms with van der Waals surface area (Å²) < 4.78 is 18.8. The molecule has 0 radical (unpaired) electrons. The molecular weight excluding hydrogens is 241 g/mol. The molecular formula is C13H19ClFNO. The molecule has 0 bridgehead atoms. The van der Waals surface area contributed by atoms with Crippen molar-refractivity contribution < 1.29 is 9.13 Å². The third-order valence-electron chi connectivity index (χ3n) is 2.72. The van der Waals surface area contributed by atoms with Gasteiger partial charge in [0.25, 0.3) is 0 Å². The fourth-order valence-corrected chi connectivity index (χ4v) is 1.95. The molecule has 0 aromatic heterocycles. The van der Waals surface area contributed by atoms with Gasteiger partial charge in [-0.1, -0.05) is 24.6 Å². The molecule has 0 saturated carbocycles. The third kappa shape index (κ3) is 4.26. The van der Waals surface area contributed by atoms with Gasteiger partial charge < -0.3 is 10.5 Å². The fourth-order valence-electron chi connectivity index (χ4n) is 1.83. The van der Waals surface area contributed by atoms with E-state index in [9.17, 15) is 4.39 Å². The van der Waals surface area contributed by atoms with Gasteiger partial charge in [0.15, 0.2) is 0 Å². The van der Waals surface area contributed by atoms with E-state index in [1.54, 1.807) is 12.1 Å². The SMILES string of the molecule is CCOC(CC)C(N)Cc1ccc(Cl)c(F)c1. The van der Waals surface area contributed by atoms with Gasteiger partial charge in [-0.2, -0.15) is 0 Å². The molecule has 0 aliphatic rings. The lowest BCUT2D eigenvalue weighted by atomic mass is 10.0. The molecule has 2 nitrogen and oxygen atoms in total. The number of ether oxygens (including phenoxy) is 1. The van der Waals surface area contributed by atoms with Gasteiger partial charge in [-0.05, 0) is 37.5 Å². The first kappa shape index (κ1) is 14.4. The smallest absolute Gasteiger partial charge is 0.142 e. The summed E-state index contributed by atoms with van der Waals surface area (Å²) in [6, 6.07) is 4.66. The molecule has 17 heavy (non-hydrogen) atoms. The van der Waals surface area contributed by atoms with Crippen molar-refractivity contribution in [3.8, 4) is 0 Å². The van der Waals surface area contributed by atoms with Gasteiger partial charge in [-0.3, -0.25) is 0 Å². The maximum atomic E-state index is 13.3. The Morgan fingerprint density at radius 1 is 1.41 bits per heavy atom. The minimum absolute atomic E-state index is 0.0127. The van der Waals surface area contributed by atoms with Gasteiger partial charge >= 0.3 is 0 Å². The number of rotatable bonds is 6. The average molecular weight is 260 g/mol. The Hall–Kier alpha value is -0.640. The molecule has 1 rings (SSSR count). The lowest BCUT2D eigenvalue weighted by Crippen LogP contribution is -2.38. The van der Waals surface area contributed by atoms with Crippen LogP contribution in [-0.2, 0) is 11.2 Å². The highest BCUT2D eigenvalue weighted by atomic mass is 35.5. The molecule has 0 aliphatic carbocycles. The predicted octanol–water partition coefficient (Wildman–Crippen LogP) is 3.16. The van der Waals surface area contributed by atoms with Crippen LogP contribution in [0.2, 0.25) is 5.02 Å². The molecule has 0 amide bonds. The molecule has 1 aromatic carbocycles. The van der Waals surface area contributed by atoms with E-state index in [0.717, 1.165) is 12.0 Å². The topological polar surface area (TPSA) is 35.2 Å². The van der Waals surface area contributed by atoms with Crippen LogP contribution in [0, 0.1) is 5.82 Å². The van der Waals surface area contributed by atoms with Crippen molar-refractivity contribution >= 4 is 11.6 Å². The second-order valence-electron chi connectivity index (χ2n) is 4.02. The summed E-state index contributed by atoms with van der Waals surface area (Å²) in [5, 5.41) is 0.138. The molecule has 0 fully saturated rings. The van der Waals surface area contributed by atoms with Gasteiger partial charge in [0.2, 0.25) is 0 Å². The summed E-state index contributed by atoms with van der Waals surface area (Å²) in [4.78, 5) is 0. The fraction of sp³-hybridized carbons (Fsp3) is 0.538. The van der Waals surface area contributed by atoms with Gasteiger partial charge in [-0.15, -0.1) is 0 Å². The lowest BCUT2D eigenvalue weighted by molar-refractivity contribution is 0.0417. The van der Waals surface area contributed by atoms with E-state index in [1.807, 2.05) is 13.8 Å². The van der Waals surface area contributed by atoms with E-state index in [4.69, 9.17) is 22.1 Å². The molecule has 0 heterocycles. The van der Waals surface area contributed by atoms with Gasteiger partial charge in [0, 0.05) is 12.6 Å². The van der Waals surface area contributed by atoms with Crippen LogP contribution in [0.1, 0.15) is 25.8 Å². The Bertz CT molecular complexity index is 359. The summed E-state index contributed by atoms with van der Waals surface area (Å²) in [5.74, 6) is -0.402. The van der Waals surface area contributed by atoms with Crippen LogP contribution in [0.5, 0.6) is 0 Å². The Morgan fingerprint density at radius 2 is 2.12 bits per heavy atom. The van der Waals surface area contributed by atoms with Crippen molar-refractivity contribution in [1.29, 1.82) is 0 Å². The minimum atomic E-state index is -0.402. The van der Waals surface area contributed by atoms with E-state index in [0.29, 0.717) is 13.0 Å². The summed E-state index contributed by atoms with van der Waals surface area (Å²) >= 11 is 5.63. The van der Waals surface area contributed by atoms with E-state index < -0.39 is 5.82 Å². The summed E-state index contributed by atoms with van der Waals surface area (Å²) in [7, 11) is 0. The Kier molecular flexibility index (Phi) is 5.89. The normalized spacial score (nSPS) is 14.6. The van der Waals surface area contributed by atoms with Crippen LogP contribution in [0.4, 0.5) is 4.39 Å². The highest BCUT2D eigenvalue weighted by Gasteiger charge is 2.16. The zero-order valence-corrected chi connectivity index (χ0v) is 11.0. The van der Waals surface area contributed by atoms with Crippen molar-refractivity contribution in [2.45, 2.75) is 38.8 Å². The molecule has 0 aliphatic heterocycles. The second kappa shape index (κ2) is 6.94. The van der Waals surface area contributed by atoms with E-state index in [2.05, 4.69) is 0 Å². The van der Waals surface area contributed by atoms with Crippen LogP contribution >= 0.6 is 11.6 Å². The van der Waals surface area contributed by atoms with Crippen molar-refractivity contribution in [1.82, 2.24) is 0 Å². The van der Waals surface area contributed by atoms with E-state index in [-0.39, 0.29) is 17.2 Å². The number of hydrogen-bond donors (Lipinski definition) is 1. The predicted molar refractivity (Wildman–Crippen MR) is 68.8 cm³/mol. The summed E-state index contributed by atoms with van der Waals surface area (Å²) in [6.07, 6.45) is 1.45. The summed E-state index contributed by atoms with van der Waals surface area (Å²) in [5.41, 5.74) is 6.90. The molecule has 1 aromatic rings. The van der Waals surface area contributed by atoms with E-state index in [1.165, 1.54) is 6.07 Å². The number of hydrogen-bond acceptors (Lipinski definition) is 2. The molecule has 4 heteroatoms. The maximum absolute atomic E-state index is 13.3. The molecule has 0 spiro atoms. The second-order valence-corrected chi connectivity index (χ2v) is 4.43. The monoisotopic (exact) mass is 259 g/mol. The highest BCUT2D eigenvalue weighted by molar-refractivity contribution is 6.30. The molecule has 0 saturated heterocycles. The van der Waals surface area contributed by atoms with Crippen LogP contribution in [0.3, 0.4) is 0 Å². The third-order valence-corrected chi connectivity index (χ3v) is 3.02. The number of benzene rings is 1. The van der Waals surface area contributed by atoms with Crippen LogP contribution in [-0.4, -0.2) is 18.8 Å². The Balaban J connectivity index is 2.66. The van der Waals surface area contributed by atoms with Gasteiger partial charge in [0.05, 0.1) is 11.1 Å². The molecule has 96 valence electrons. The van der Waals surface area contributed by atoms with Crippen molar-refractivity contribution in [2.24, 2.45) is 5.73 Å². The zero-order chi connectivity index (χ0) is 12.8. The van der Waals surface area contributed by atoms with Crippen LogP contribution in [0.15, 0.2) is 18.2 Å². The maximum Gasteiger partial charge on any atom is 0.142 e. The molecule has 2 atom stereocenters. The first-order chi connectivity index (χ1) is 8.08.